The quantitative estimate of drug-likeness (QED) is 0.823. The van der Waals surface area contributed by atoms with E-state index >= 15 is 0 Å². The predicted octanol–water partition coefficient (Wildman–Crippen LogP) is 2.48. The monoisotopic (exact) mass is 251 g/mol. The minimum Gasteiger partial charge on any atom is -0.505 e. The van der Waals surface area contributed by atoms with E-state index in [4.69, 9.17) is 4.52 Å². The molecule has 6 heteroatoms. The molecule has 1 N–H and O–H groups in total. The molecule has 0 spiro atoms. The zero-order chi connectivity index (χ0) is 12.1. The lowest BCUT2D eigenvalue weighted by Crippen LogP contribution is -1.86. The molecule has 0 bridgehead atoms. The molecule has 0 saturated carbocycles. The highest BCUT2D eigenvalue weighted by atomic mass is 32.2. The van der Waals surface area contributed by atoms with Gasteiger partial charge in [-0.2, -0.15) is 16.7 Å². The zero-order valence-electron chi connectivity index (χ0n) is 9.46. The van der Waals surface area contributed by atoms with Crippen LogP contribution in [0, 0.1) is 0 Å². The minimum atomic E-state index is 0.0453. The van der Waals surface area contributed by atoms with E-state index < -0.39 is 0 Å². The summed E-state index contributed by atoms with van der Waals surface area (Å²) in [5, 5.41) is 13.5. The van der Waals surface area contributed by atoms with Gasteiger partial charge in [-0.05, 0) is 18.2 Å². The third-order valence-corrected chi connectivity index (χ3v) is 3.24. The summed E-state index contributed by atoms with van der Waals surface area (Å²) in [6, 6.07) is 1.64. The van der Waals surface area contributed by atoms with Gasteiger partial charge in [0, 0.05) is 6.20 Å². The van der Waals surface area contributed by atoms with Crippen LogP contribution in [0.2, 0.25) is 0 Å². The van der Waals surface area contributed by atoms with Crippen molar-refractivity contribution >= 4 is 11.8 Å². The summed E-state index contributed by atoms with van der Waals surface area (Å²) < 4.78 is 5.10. The molecule has 0 amide bonds. The summed E-state index contributed by atoms with van der Waals surface area (Å²) in [5.74, 6) is 2.82. The fraction of sp³-hybridized carbons (Fsp3) is 0.364. The van der Waals surface area contributed by atoms with Crippen molar-refractivity contribution in [3.8, 4) is 17.2 Å². The molecule has 2 heterocycles. The first kappa shape index (κ1) is 11.9. The standard InChI is InChI=1S/C11H13N3O2S/c1-2-5-17-7-10-13-11(16-14-10)8-3-4-12-6-9(8)15/h3-4,6,15H,2,5,7H2,1H3. The van der Waals surface area contributed by atoms with Crippen LogP contribution in [-0.2, 0) is 5.75 Å². The Morgan fingerprint density at radius 1 is 1.47 bits per heavy atom. The van der Waals surface area contributed by atoms with Crippen molar-refractivity contribution in [1.82, 2.24) is 15.1 Å². The van der Waals surface area contributed by atoms with E-state index in [0.717, 1.165) is 17.9 Å². The van der Waals surface area contributed by atoms with E-state index in [-0.39, 0.29) is 5.75 Å². The molecule has 2 aromatic rings. The maximum Gasteiger partial charge on any atom is 0.261 e. The Balaban J connectivity index is 2.10. The molecule has 0 aliphatic rings. The lowest BCUT2D eigenvalue weighted by Gasteiger charge is -1.96. The summed E-state index contributed by atoms with van der Waals surface area (Å²) in [4.78, 5) is 8.02. The largest absolute Gasteiger partial charge is 0.505 e. The summed E-state index contributed by atoms with van der Waals surface area (Å²) >= 11 is 1.76. The van der Waals surface area contributed by atoms with Crippen LogP contribution in [0.25, 0.3) is 11.5 Å². The topological polar surface area (TPSA) is 72.0 Å². The number of hydrogen-bond acceptors (Lipinski definition) is 6. The molecule has 0 aliphatic carbocycles. The molecule has 0 radical (unpaired) electrons. The third kappa shape index (κ3) is 2.97. The highest BCUT2D eigenvalue weighted by Gasteiger charge is 2.12. The summed E-state index contributed by atoms with van der Waals surface area (Å²) in [6.07, 6.45) is 4.05. The van der Waals surface area contributed by atoms with Crippen molar-refractivity contribution in [3.63, 3.8) is 0 Å². The van der Waals surface area contributed by atoms with Crippen LogP contribution < -0.4 is 0 Å². The number of nitrogens with zero attached hydrogens (tertiary/aromatic N) is 3. The van der Waals surface area contributed by atoms with Gasteiger partial charge in [-0.1, -0.05) is 12.1 Å². The van der Waals surface area contributed by atoms with Crippen molar-refractivity contribution < 1.29 is 9.63 Å². The average molecular weight is 251 g/mol. The molecule has 0 saturated heterocycles. The second kappa shape index (κ2) is 5.67. The molecular formula is C11H13N3O2S. The molecule has 5 nitrogen and oxygen atoms in total. The first-order valence-electron chi connectivity index (χ1n) is 5.35. The van der Waals surface area contributed by atoms with Crippen LogP contribution in [-0.4, -0.2) is 26.0 Å². The molecule has 0 aromatic carbocycles. The highest BCUT2D eigenvalue weighted by Crippen LogP contribution is 2.26. The van der Waals surface area contributed by atoms with E-state index in [2.05, 4.69) is 22.0 Å². The van der Waals surface area contributed by atoms with Gasteiger partial charge in [0.15, 0.2) is 5.82 Å². The Morgan fingerprint density at radius 2 is 2.35 bits per heavy atom. The van der Waals surface area contributed by atoms with Crippen LogP contribution in [0.1, 0.15) is 19.2 Å². The molecule has 0 fully saturated rings. The van der Waals surface area contributed by atoms with Crippen molar-refractivity contribution in [2.45, 2.75) is 19.1 Å². The number of rotatable bonds is 5. The van der Waals surface area contributed by atoms with E-state index in [1.165, 1.54) is 6.20 Å². The SMILES string of the molecule is CCCSCc1noc(-c2ccncc2O)n1. The van der Waals surface area contributed by atoms with Crippen molar-refractivity contribution in [3.05, 3.63) is 24.3 Å². The van der Waals surface area contributed by atoms with E-state index in [1.807, 2.05) is 0 Å². The fourth-order valence-electron chi connectivity index (χ4n) is 1.30. The summed E-state index contributed by atoms with van der Waals surface area (Å²) in [7, 11) is 0. The van der Waals surface area contributed by atoms with Gasteiger partial charge in [0.1, 0.15) is 5.75 Å². The van der Waals surface area contributed by atoms with Gasteiger partial charge >= 0.3 is 0 Å². The van der Waals surface area contributed by atoms with Gasteiger partial charge < -0.3 is 9.63 Å². The molecule has 2 aromatic heterocycles. The first-order valence-corrected chi connectivity index (χ1v) is 6.50. The Kier molecular flexibility index (Phi) is 3.98. The smallest absolute Gasteiger partial charge is 0.261 e. The van der Waals surface area contributed by atoms with Crippen LogP contribution in [0.5, 0.6) is 5.75 Å². The average Bonchev–Trinajstić information content (AvgIpc) is 2.79. The third-order valence-electron chi connectivity index (χ3n) is 2.08. The highest BCUT2D eigenvalue weighted by molar-refractivity contribution is 7.98. The van der Waals surface area contributed by atoms with Gasteiger partial charge in [0.25, 0.3) is 5.89 Å². The van der Waals surface area contributed by atoms with Gasteiger partial charge in [0.2, 0.25) is 0 Å². The van der Waals surface area contributed by atoms with Crippen LogP contribution in [0.4, 0.5) is 0 Å². The van der Waals surface area contributed by atoms with Crippen molar-refractivity contribution in [1.29, 1.82) is 0 Å². The van der Waals surface area contributed by atoms with Crippen LogP contribution in [0.15, 0.2) is 23.0 Å². The Hall–Kier alpha value is -1.56. The lowest BCUT2D eigenvalue weighted by molar-refractivity contribution is 0.419. The molecule has 90 valence electrons. The number of thioether (sulfide) groups is 1. The number of aromatic nitrogens is 3. The normalized spacial score (nSPS) is 10.6. The first-order chi connectivity index (χ1) is 8.31. The van der Waals surface area contributed by atoms with Crippen molar-refractivity contribution in [2.24, 2.45) is 0 Å². The summed E-state index contributed by atoms with van der Waals surface area (Å²) in [6.45, 7) is 2.13. The maximum atomic E-state index is 9.59. The van der Waals surface area contributed by atoms with Gasteiger partial charge in [0.05, 0.1) is 17.5 Å². The molecule has 0 unspecified atom stereocenters. The second-order valence-corrected chi connectivity index (χ2v) is 4.57. The van der Waals surface area contributed by atoms with Gasteiger partial charge in [-0.15, -0.1) is 0 Å². The Bertz CT molecular complexity index is 487. The molecule has 2 rings (SSSR count). The molecular weight excluding hydrogens is 238 g/mol. The molecule has 0 aliphatic heterocycles. The summed E-state index contributed by atoms with van der Waals surface area (Å²) in [5.41, 5.74) is 0.513. The predicted molar refractivity (Wildman–Crippen MR) is 65.6 cm³/mol. The van der Waals surface area contributed by atoms with Crippen LogP contribution in [0.3, 0.4) is 0 Å². The van der Waals surface area contributed by atoms with Gasteiger partial charge in [-0.25, -0.2) is 0 Å². The fourth-order valence-corrected chi connectivity index (χ4v) is 2.03. The number of aromatic hydroxyl groups is 1. The van der Waals surface area contributed by atoms with E-state index in [9.17, 15) is 5.11 Å². The Morgan fingerprint density at radius 3 is 3.12 bits per heavy atom. The van der Waals surface area contributed by atoms with Gasteiger partial charge in [-0.3, -0.25) is 4.98 Å². The van der Waals surface area contributed by atoms with E-state index in [1.54, 1.807) is 24.0 Å². The maximum absolute atomic E-state index is 9.59. The minimum absolute atomic E-state index is 0.0453. The zero-order valence-corrected chi connectivity index (χ0v) is 10.3. The molecule has 17 heavy (non-hydrogen) atoms. The number of pyridine rings is 1. The second-order valence-electron chi connectivity index (χ2n) is 3.46. The molecule has 0 atom stereocenters. The Labute approximate surface area is 103 Å². The number of hydrogen-bond donors (Lipinski definition) is 1. The van der Waals surface area contributed by atoms with Crippen LogP contribution >= 0.6 is 11.8 Å². The van der Waals surface area contributed by atoms with Crippen molar-refractivity contribution in [2.75, 3.05) is 5.75 Å². The van der Waals surface area contributed by atoms with E-state index in [0.29, 0.717) is 17.3 Å². The lowest BCUT2D eigenvalue weighted by atomic mass is 10.2.